The Morgan fingerprint density at radius 1 is 1.45 bits per heavy atom. The maximum Gasteiger partial charge on any atom is 0.143 e. The number of aliphatic hydroxyl groups is 1. The van der Waals surface area contributed by atoms with Crippen LogP contribution in [0, 0.1) is 12.8 Å². The minimum atomic E-state index is -0.533. The zero-order chi connectivity index (χ0) is 14.5. The first-order chi connectivity index (χ1) is 9.60. The van der Waals surface area contributed by atoms with Gasteiger partial charge >= 0.3 is 0 Å². The van der Waals surface area contributed by atoms with Crippen LogP contribution in [0.5, 0.6) is 5.75 Å². The van der Waals surface area contributed by atoms with Crippen molar-refractivity contribution in [2.45, 2.75) is 25.9 Å². The summed E-state index contributed by atoms with van der Waals surface area (Å²) in [6.07, 6.45) is 1.99. The summed E-state index contributed by atoms with van der Waals surface area (Å²) in [5.41, 5.74) is 1.80. The molecule has 0 saturated heterocycles. The fourth-order valence-electron chi connectivity index (χ4n) is 1.91. The first-order valence-electron chi connectivity index (χ1n) is 6.94. The van der Waals surface area contributed by atoms with E-state index >= 15 is 0 Å². The molecule has 1 fully saturated rings. The van der Waals surface area contributed by atoms with E-state index in [9.17, 15) is 5.11 Å². The van der Waals surface area contributed by atoms with Crippen molar-refractivity contribution >= 4 is 17.3 Å². The fourth-order valence-corrected chi connectivity index (χ4v) is 2.07. The van der Waals surface area contributed by atoms with Gasteiger partial charge in [-0.3, -0.25) is 0 Å². The highest BCUT2D eigenvalue weighted by atomic mass is 35.5. The lowest BCUT2D eigenvalue weighted by Crippen LogP contribution is -2.25. The number of aryl methyl sites for hydroxylation is 1. The zero-order valence-corrected chi connectivity index (χ0v) is 12.7. The van der Waals surface area contributed by atoms with Gasteiger partial charge in [-0.2, -0.15) is 0 Å². The van der Waals surface area contributed by atoms with Gasteiger partial charge in [0.05, 0.1) is 25.5 Å². The maximum absolute atomic E-state index is 9.88. The van der Waals surface area contributed by atoms with Crippen LogP contribution < -0.4 is 10.1 Å². The molecule has 0 aromatic heterocycles. The van der Waals surface area contributed by atoms with Crippen LogP contribution in [0.1, 0.15) is 18.4 Å². The number of anilines is 1. The van der Waals surface area contributed by atoms with Crippen LogP contribution in [-0.4, -0.2) is 38.1 Å². The summed E-state index contributed by atoms with van der Waals surface area (Å²) in [5.74, 6) is 1.39. The number of methoxy groups -OCH3 is 1. The van der Waals surface area contributed by atoms with Crippen molar-refractivity contribution in [3.05, 3.63) is 22.7 Å². The normalized spacial score (nSPS) is 16.0. The van der Waals surface area contributed by atoms with Crippen molar-refractivity contribution in [2.24, 2.45) is 5.92 Å². The van der Waals surface area contributed by atoms with Gasteiger partial charge in [-0.05, 0) is 37.3 Å². The van der Waals surface area contributed by atoms with Gasteiger partial charge in [0.1, 0.15) is 5.75 Å². The van der Waals surface area contributed by atoms with Crippen LogP contribution in [0.15, 0.2) is 12.1 Å². The largest absolute Gasteiger partial charge is 0.495 e. The number of rotatable bonds is 8. The molecule has 1 aromatic rings. The molecule has 0 spiro atoms. The lowest BCUT2D eigenvalue weighted by Gasteiger charge is -2.16. The number of aliphatic hydroxyl groups excluding tert-OH is 1. The summed E-state index contributed by atoms with van der Waals surface area (Å²) in [5, 5.41) is 13.7. The lowest BCUT2D eigenvalue weighted by atomic mass is 10.2. The van der Waals surface area contributed by atoms with Gasteiger partial charge in [0, 0.05) is 24.2 Å². The van der Waals surface area contributed by atoms with Crippen molar-refractivity contribution in [2.75, 3.05) is 32.2 Å². The maximum atomic E-state index is 9.88. The second kappa shape index (κ2) is 7.16. The summed E-state index contributed by atoms with van der Waals surface area (Å²) < 4.78 is 10.7. The first-order valence-corrected chi connectivity index (χ1v) is 7.31. The van der Waals surface area contributed by atoms with Crippen LogP contribution in [0.2, 0.25) is 5.02 Å². The summed E-state index contributed by atoms with van der Waals surface area (Å²) in [6, 6.07) is 3.69. The van der Waals surface area contributed by atoms with Gasteiger partial charge in [0.2, 0.25) is 0 Å². The third-order valence-electron chi connectivity index (χ3n) is 3.37. The van der Waals surface area contributed by atoms with E-state index in [0.717, 1.165) is 17.9 Å². The second-order valence-corrected chi connectivity index (χ2v) is 5.72. The van der Waals surface area contributed by atoms with E-state index in [1.807, 2.05) is 13.0 Å². The molecule has 0 radical (unpaired) electrons. The molecular weight excluding hydrogens is 278 g/mol. The highest BCUT2D eigenvalue weighted by Crippen LogP contribution is 2.31. The van der Waals surface area contributed by atoms with E-state index in [-0.39, 0.29) is 0 Å². The fraction of sp³-hybridized carbons (Fsp3) is 0.600. The molecule has 1 aliphatic rings. The van der Waals surface area contributed by atoms with Crippen LogP contribution in [0.4, 0.5) is 5.69 Å². The summed E-state index contributed by atoms with van der Waals surface area (Å²) in [7, 11) is 1.60. The van der Waals surface area contributed by atoms with Crippen molar-refractivity contribution in [3.63, 3.8) is 0 Å². The first kappa shape index (κ1) is 15.4. The van der Waals surface area contributed by atoms with E-state index in [1.165, 1.54) is 12.8 Å². The van der Waals surface area contributed by atoms with E-state index in [2.05, 4.69) is 5.32 Å². The van der Waals surface area contributed by atoms with Gasteiger partial charge in [0.15, 0.2) is 0 Å². The Labute approximate surface area is 125 Å². The standard InChI is InChI=1S/C15H22ClNO3/c1-10-5-14(15(19-2)6-13(10)16)17-7-12(18)9-20-8-11-3-4-11/h5-6,11-12,17-18H,3-4,7-9H2,1-2H3. The van der Waals surface area contributed by atoms with Crippen LogP contribution in [0.3, 0.4) is 0 Å². The molecule has 0 amide bonds. The molecule has 112 valence electrons. The Balaban J connectivity index is 1.80. The van der Waals surface area contributed by atoms with Crippen molar-refractivity contribution in [1.82, 2.24) is 0 Å². The third kappa shape index (κ3) is 4.54. The molecule has 2 rings (SSSR count). The third-order valence-corrected chi connectivity index (χ3v) is 3.78. The highest BCUT2D eigenvalue weighted by Gasteiger charge is 2.21. The number of hydrogen-bond donors (Lipinski definition) is 2. The number of halogens is 1. The Morgan fingerprint density at radius 3 is 2.85 bits per heavy atom. The molecule has 2 N–H and O–H groups in total. The number of ether oxygens (including phenoxy) is 2. The zero-order valence-electron chi connectivity index (χ0n) is 12.0. The molecular formula is C15H22ClNO3. The molecule has 0 heterocycles. The van der Waals surface area contributed by atoms with Crippen molar-refractivity contribution in [3.8, 4) is 5.75 Å². The average Bonchev–Trinajstić information content (AvgIpc) is 3.23. The van der Waals surface area contributed by atoms with E-state index in [0.29, 0.717) is 29.8 Å². The molecule has 1 atom stereocenters. The highest BCUT2D eigenvalue weighted by molar-refractivity contribution is 6.31. The minimum Gasteiger partial charge on any atom is -0.495 e. The molecule has 4 nitrogen and oxygen atoms in total. The Morgan fingerprint density at radius 2 is 2.20 bits per heavy atom. The Hall–Kier alpha value is -0.970. The van der Waals surface area contributed by atoms with Crippen LogP contribution >= 0.6 is 11.6 Å². The van der Waals surface area contributed by atoms with Crippen molar-refractivity contribution < 1.29 is 14.6 Å². The molecule has 0 aliphatic heterocycles. The quantitative estimate of drug-likeness (QED) is 0.775. The molecule has 1 unspecified atom stereocenters. The molecule has 5 heteroatoms. The molecule has 20 heavy (non-hydrogen) atoms. The van der Waals surface area contributed by atoms with Crippen molar-refractivity contribution in [1.29, 1.82) is 0 Å². The van der Waals surface area contributed by atoms with Gasteiger partial charge in [0.25, 0.3) is 0 Å². The lowest BCUT2D eigenvalue weighted by molar-refractivity contribution is 0.0386. The second-order valence-electron chi connectivity index (χ2n) is 5.32. The summed E-state index contributed by atoms with van der Waals surface area (Å²) in [6.45, 7) is 3.48. The smallest absolute Gasteiger partial charge is 0.143 e. The van der Waals surface area contributed by atoms with Crippen LogP contribution in [0.25, 0.3) is 0 Å². The summed E-state index contributed by atoms with van der Waals surface area (Å²) in [4.78, 5) is 0. The Kier molecular flexibility index (Phi) is 5.52. The van der Waals surface area contributed by atoms with E-state index < -0.39 is 6.10 Å². The Bertz CT molecular complexity index is 449. The van der Waals surface area contributed by atoms with Gasteiger partial charge in [-0.25, -0.2) is 0 Å². The van der Waals surface area contributed by atoms with Crippen LogP contribution in [-0.2, 0) is 4.74 Å². The molecule has 1 saturated carbocycles. The van der Waals surface area contributed by atoms with Gasteiger partial charge in [-0.15, -0.1) is 0 Å². The average molecular weight is 300 g/mol. The molecule has 1 aliphatic carbocycles. The number of hydrogen-bond acceptors (Lipinski definition) is 4. The topological polar surface area (TPSA) is 50.7 Å². The molecule has 0 bridgehead atoms. The van der Waals surface area contributed by atoms with Gasteiger partial charge < -0.3 is 19.9 Å². The number of benzene rings is 1. The predicted octanol–water partition coefficient (Wildman–Crippen LogP) is 2.86. The number of nitrogens with one attached hydrogen (secondary N) is 1. The monoisotopic (exact) mass is 299 g/mol. The SMILES string of the molecule is COc1cc(Cl)c(C)cc1NCC(O)COCC1CC1. The predicted molar refractivity (Wildman–Crippen MR) is 80.8 cm³/mol. The molecule has 1 aromatic carbocycles. The van der Waals surface area contributed by atoms with E-state index in [4.69, 9.17) is 21.1 Å². The van der Waals surface area contributed by atoms with Gasteiger partial charge in [-0.1, -0.05) is 11.6 Å². The van der Waals surface area contributed by atoms with E-state index in [1.54, 1.807) is 13.2 Å². The summed E-state index contributed by atoms with van der Waals surface area (Å²) >= 11 is 6.05. The minimum absolute atomic E-state index is 0.360.